The number of carbonyl (C=O) groups excluding carboxylic acids is 1. The molecule has 1 fully saturated rings. The zero-order valence-electron chi connectivity index (χ0n) is 19.9. The van der Waals surface area contributed by atoms with Gasteiger partial charge in [0.15, 0.2) is 5.75 Å². The predicted molar refractivity (Wildman–Crippen MR) is 139 cm³/mol. The fraction of sp³-hybridized carbons (Fsp3) is 0.276. The minimum absolute atomic E-state index is 0.0297. The van der Waals surface area contributed by atoms with Gasteiger partial charge in [0, 0.05) is 41.2 Å². The molecule has 4 aromatic rings. The summed E-state index contributed by atoms with van der Waals surface area (Å²) in [5.41, 5.74) is 2.77. The molecule has 1 aliphatic heterocycles. The lowest BCUT2D eigenvalue weighted by Crippen LogP contribution is -2.49. The average molecular weight is 490 g/mol. The summed E-state index contributed by atoms with van der Waals surface area (Å²) >= 11 is 1.47. The van der Waals surface area contributed by atoms with Gasteiger partial charge in [-0.25, -0.2) is 0 Å². The molecule has 0 saturated carbocycles. The number of ketones is 1. The molecule has 0 N–H and O–H groups in total. The Hall–Kier alpha value is -3.22. The highest BCUT2D eigenvalue weighted by molar-refractivity contribution is 7.21. The van der Waals surface area contributed by atoms with Crippen molar-refractivity contribution in [2.24, 2.45) is 5.92 Å². The third-order valence-electron chi connectivity index (χ3n) is 6.37. The van der Waals surface area contributed by atoms with Crippen LogP contribution < -0.4 is 9.47 Å². The zero-order valence-corrected chi connectivity index (χ0v) is 20.7. The van der Waals surface area contributed by atoms with Crippen LogP contribution in [0.1, 0.15) is 26.4 Å². The molecule has 3 aromatic carbocycles. The van der Waals surface area contributed by atoms with Crippen LogP contribution in [0.25, 0.3) is 10.1 Å². The molecule has 5 rings (SSSR count). The molecule has 1 aliphatic rings. The van der Waals surface area contributed by atoms with Gasteiger partial charge in [0.1, 0.15) is 23.0 Å². The SMILES string of the molecule is Cc1ccc2c(Oc3ccc(OCCN4CC(CF)C4)cc3)c(C(=O)c3ccccc3C)sc2c1. The van der Waals surface area contributed by atoms with Gasteiger partial charge in [0.25, 0.3) is 0 Å². The third-order valence-corrected chi connectivity index (χ3v) is 7.50. The lowest BCUT2D eigenvalue weighted by atomic mass is 10.0. The molecule has 0 atom stereocenters. The summed E-state index contributed by atoms with van der Waals surface area (Å²) in [6, 6.07) is 21.2. The van der Waals surface area contributed by atoms with Gasteiger partial charge in [-0.2, -0.15) is 0 Å². The van der Waals surface area contributed by atoms with Crippen LogP contribution in [0.2, 0.25) is 0 Å². The van der Waals surface area contributed by atoms with Crippen molar-refractivity contribution in [2.45, 2.75) is 13.8 Å². The van der Waals surface area contributed by atoms with E-state index in [1.165, 1.54) is 11.3 Å². The number of nitrogens with zero attached hydrogens (tertiary/aromatic N) is 1. The van der Waals surface area contributed by atoms with E-state index < -0.39 is 0 Å². The lowest BCUT2D eigenvalue weighted by Gasteiger charge is -2.37. The Labute approximate surface area is 208 Å². The number of hydrogen-bond acceptors (Lipinski definition) is 5. The van der Waals surface area contributed by atoms with Crippen molar-refractivity contribution in [1.29, 1.82) is 0 Å². The first kappa shape index (κ1) is 23.5. The number of likely N-dealkylation sites (tertiary alicyclic amines) is 1. The van der Waals surface area contributed by atoms with Crippen LogP contribution in [0.5, 0.6) is 17.2 Å². The quantitative estimate of drug-likeness (QED) is 0.242. The first-order valence-corrected chi connectivity index (χ1v) is 12.7. The molecule has 1 aromatic heterocycles. The summed E-state index contributed by atoms with van der Waals surface area (Å²) in [7, 11) is 0. The Kier molecular flexibility index (Phi) is 6.84. The fourth-order valence-electron chi connectivity index (χ4n) is 4.35. The molecule has 6 heteroatoms. The summed E-state index contributed by atoms with van der Waals surface area (Å²) in [5, 5.41) is 0.930. The maximum absolute atomic E-state index is 13.5. The van der Waals surface area contributed by atoms with Gasteiger partial charge in [0.05, 0.1) is 6.67 Å². The first-order chi connectivity index (χ1) is 17.0. The van der Waals surface area contributed by atoms with Crippen molar-refractivity contribution in [3.05, 3.63) is 88.3 Å². The van der Waals surface area contributed by atoms with Gasteiger partial charge in [-0.1, -0.05) is 30.3 Å². The largest absolute Gasteiger partial charge is 0.492 e. The molecule has 0 amide bonds. The van der Waals surface area contributed by atoms with E-state index in [2.05, 4.69) is 11.0 Å². The van der Waals surface area contributed by atoms with E-state index in [0.717, 1.165) is 46.6 Å². The highest BCUT2D eigenvalue weighted by Crippen LogP contribution is 2.42. The van der Waals surface area contributed by atoms with Crippen LogP contribution in [0.3, 0.4) is 0 Å². The number of fused-ring (bicyclic) bond motifs is 1. The van der Waals surface area contributed by atoms with Crippen molar-refractivity contribution < 1.29 is 18.7 Å². The van der Waals surface area contributed by atoms with Crippen molar-refractivity contribution >= 4 is 27.2 Å². The lowest BCUT2D eigenvalue weighted by molar-refractivity contribution is 0.0668. The Balaban J connectivity index is 1.34. The maximum atomic E-state index is 13.5. The zero-order chi connectivity index (χ0) is 24.4. The topological polar surface area (TPSA) is 38.8 Å². The number of carbonyl (C=O) groups is 1. The van der Waals surface area contributed by atoms with Crippen LogP contribution in [0.4, 0.5) is 4.39 Å². The first-order valence-electron chi connectivity index (χ1n) is 11.8. The second-order valence-corrected chi connectivity index (χ2v) is 10.2. The number of aryl methyl sites for hydroxylation is 2. The second kappa shape index (κ2) is 10.2. The molecule has 4 nitrogen and oxygen atoms in total. The van der Waals surface area contributed by atoms with E-state index >= 15 is 0 Å². The Bertz CT molecular complexity index is 1340. The maximum Gasteiger partial charge on any atom is 0.207 e. The minimum Gasteiger partial charge on any atom is -0.492 e. The van der Waals surface area contributed by atoms with Gasteiger partial charge in [-0.3, -0.25) is 14.1 Å². The molecule has 0 unspecified atom stereocenters. The van der Waals surface area contributed by atoms with E-state index in [4.69, 9.17) is 9.47 Å². The summed E-state index contributed by atoms with van der Waals surface area (Å²) in [6.07, 6.45) is 0. The number of thiophene rings is 1. The molecular weight excluding hydrogens is 461 g/mol. The Morgan fingerprint density at radius 1 is 1.03 bits per heavy atom. The molecule has 2 heterocycles. The van der Waals surface area contributed by atoms with Gasteiger partial charge >= 0.3 is 0 Å². The predicted octanol–water partition coefficient (Wildman–Crippen LogP) is 6.82. The van der Waals surface area contributed by atoms with E-state index in [9.17, 15) is 9.18 Å². The van der Waals surface area contributed by atoms with E-state index in [1.54, 1.807) is 0 Å². The van der Waals surface area contributed by atoms with Crippen molar-refractivity contribution in [3.8, 4) is 17.2 Å². The number of hydrogen-bond donors (Lipinski definition) is 0. The highest BCUT2D eigenvalue weighted by Gasteiger charge is 2.26. The normalized spacial score (nSPS) is 14.1. The number of benzene rings is 3. The highest BCUT2D eigenvalue weighted by atomic mass is 32.1. The Morgan fingerprint density at radius 2 is 1.77 bits per heavy atom. The number of halogens is 1. The molecule has 1 saturated heterocycles. The fourth-order valence-corrected chi connectivity index (χ4v) is 5.53. The minimum atomic E-state index is -0.240. The van der Waals surface area contributed by atoms with Crippen LogP contribution >= 0.6 is 11.3 Å². The average Bonchev–Trinajstić information content (AvgIpc) is 3.18. The number of ether oxygens (including phenoxy) is 2. The molecule has 0 radical (unpaired) electrons. The summed E-state index contributed by atoms with van der Waals surface area (Å²) < 4.78 is 25.8. The van der Waals surface area contributed by atoms with Crippen molar-refractivity contribution in [3.63, 3.8) is 0 Å². The van der Waals surface area contributed by atoms with Crippen LogP contribution in [0.15, 0.2) is 66.7 Å². The summed E-state index contributed by atoms with van der Waals surface area (Å²) in [4.78, 5) is 16.3. The number of alkyl halides is 1. The van der Waals surface area contributed by atoms with Crippen LogP contribution in [-0.2, 0) is 0 Å². The van der Waals surface area contributed by atoms with Crippen molar-refractivity contribution in [1.82, 2.24) is 4.90 Å². The van der Waals surface area contributed by atoms with E-state index in [1.807, 2.05) is 74.5 Å². The van der Waals surface area contributed by atoms with Gasteiger partial charge in [-0.15, -0.1) is 11.3 Å². The van der Waals surface area contributed by atoms with Crippen LogP contribution in [0, 0.1) is 19.8 Å². The summed E-state index contributed by atoms with van der Waals surface area (Å²) in [5.74, 6) is 2.14. The Morgan fingerprint density at radius 3 is 2.51 bits per heavy atom. The molecule has 0 aliphatic carbocycles. The van der Waals surface area contributed by atoms with E-state index in [-0.39, 0.29) is 18.4 Å². The molecule has 35 heavy (non-hydrogen) atoms. The smallest absolute Gasteiger partial charge is 0.207 e. The second-order valence-electron chi connectivity index (χ2n) is 9.11. The van der Waals surface area contributed by atoms with E-state index in [0.29, 0.717) is 28.5 Å². The molecule has 0 bridgehead atoms. The molecule has 0 spiro atoms. The molecule has 180 valence electrons. The standard InChI is InChI=1S/C29H28FNO3S/c1-19-7-12-25-26(15-19)35-29(27(32)24-6-4-3-5-20(24)2)28(25)34-23-10-8-22(9-11-23)33-14-13-31-17-21(16-30)18-31/h3-12,15,21H,13-14,16-18H2,1-2H3. The van der Waals surface area contributed by atoms with Gasteiger partial charge in [-0.05, 0) is 61.4 Å². The van der Waals surface area contributed by atoms with Crippen molar-refractivity contribution in [2.75, 3.05) is 32.9 Å². The van der Waals surface area contributed by atoms with Gasteiger partial charge < -0.3 is 9.47 Å². The van der Waals surface area contributed by atoms with Gasteiger partial charge in [0.2, 0.25) is 5.78 Å². The number of rotatable bonds is 9. The third kappa shape index (κ3) is 5.09. The monoisotopic (exact) mass is 489 g/mol. The summed E-state index contributed by atoms with van der Waals surface area (Å²) in [6.45, 7) is 6.72. The molecular formula is C29H28FNO3S. The van der Waals surface area contributed by atoms with Crippen LogP contribution in [-0.4, -0.2) is 43.6 Å².